The minimum atomic E-state index is -0.182. The van der Waals surface area contributed by atoms with Crippen LogP contribution in [0.2, 0.25) is 0 Å². The van der Waals surface area contributed by atoms with Crippen molar-refractivity contribution in [1.82, 2.24) is 4.98 Å². The summed E-state index contributed by atoms with van der Waals surface area (Å²) in [6.45, 7) is 0. The maximum Gasteiger partial charge on any atom is 0.163 e. The number of ketones is 1. The zero-order chi connectivity index (χ0) is 18.9. The third-order valence-electron chi connectivity index (χ3n) is 5.62. The monoisotopic (exact) mass is 367 g/mol. The molecule has 0 radical (unpaired) electrons. The fourth-order valence-electron chi connectivity index (χ4n) is 4.26. The third-order valence-corrected chi connectivity index (χ3v) is 5.62. The number of nitrogens with zero attached hydrogens (tertiary/aromatic N) is 1. The maximum atomic E-state index is 13.3. The molecule has 0 amide bonds. The standard InChI is InChI=1S/C24H21N3O/c28-22-15-18(16-6-2-1-3-7-16)14-21-23(22)24(17-10-12-25-13-11-17)27-20-9-5-4-8-19(20)26-21/h1-13,18,24,26-27H,14-15H2. The minimum Gasteiger partial charge on any atom is -0.372 e. The smallest absolute Gasteiger partial charge is 0.163 e. The van der Waals surface area contributed by atoms with Crippen LogP contribution in [-0.4, -0.2) is 10.8 Å². The lowest BCUT2D eigenvalue weighted by molar-refractivity contribution is -0.116. The van der Waals surface area contributed by atoms with Crippen molar-refractivity contribution in [2.75, 3.05) is 10.6 Å². The van der Waals surface area contributed by atoms with E-state index in [-0.39, 0.29) is 17.7 Å². The van der Waals surface area contributed by atoms with Crippen LogP contribution in [0.25, 0.3) is 0 Å². The summed E-state index contributed by atoms with van der Waals surface area (Å²) < 4.78 is 0. The van der Waals surface area contributed by atoms with E-state index in [1.807, 2.05) is 48.5 Å². The quantitative estimate of drug-likeness (QED) is 0.665. The fourth-order valence-corrected chi connectivity index (χ4v) is 4.26. The topological polar surface area (TPSA) is 54.0 Å². The van der Waals surface area contributed by atoms with Gasteiger partial charge in [-0.05, 0) is 47.7 Å². The largest absolute Gasteiger partial charge is 0.372 e. The Bertz CT molecular complexity index is 1040. The zero-order valence-corrected chi connectivity index (χ0v) is 15.4. The number of nitrogens with one attached hydrogen (secondary N) is 2. The Hall–Kier alpha value is -3.40. The van der Waals surface area contributed by atoms with Crippen molar-refractivity contribution in [3.8, 4) is 0 Å². The molecule has 0 fully saturated rings. The van der Waals surface area contributed by atoms with E-state index in [1.165, 1.54) is 5.56 Å². The minimum absolute atomic E-state index is 0.182. The number of hydrogen-bond acceptors (Lipinski definition) is 4. The number of anilines is 2. The molecule has 3 aromatic rings. The molecule has 5 rings (SSSR count). The number of hydrogen-bond donors (Lipinski definition) is 2. The molecule has 0 saturated heterocycles. The van der Waals surface area contributed by atoms with Gasteiger partial charge >= 0.3 is 0 Å². The van der Waals surface area contributed by atoms with Crippen LogP contribution in [0.5, 0.6) is 0 Å². The zero-order valence-electron chi connectivity index (χ0n) is 15.4. The van der Waals surface area contributed by atoms with Gasteiger partial charge in [-0.2, -0.15) is 0 Å². The molecule has 0 spiro atoms. The summed E-state index contributed by atoms with van der Waals surface area (Å²) in [7, 11) is 0. The lowest BCUT2D eigenvalue weighted by atomic mass is 9.78. The molecule has 28 heavy (non-hydrogen) atoms. The van der Waals surface area contributed by atoms with E-state index in [1.54, 1.807) is 12.4 Å². The predicted octanol–water partition coefficient (Wildman–Crippen LogP) is 5.06. The van der Waals surface area contributed by atoms with Gasteiger partial charge in [0.15, 0.2) is 5.78 Å². The number of para-hydroxylation sites is 2. The number of carbonyl (C=O) groups is 1. The first-order valence-corrected chi connectivity index (χ1v) is 9.63. The number of rotatable bonds is 2. The summed E-state index contributed by atoms with van der Waals surface area (Å²) in [5.41, 5.74) is 6.14. The molecule has 0 bridgehead atoms. The van der Waals surface area contributed by atoms with Crippen LogP contribution < -0.4 is 10.6 Å². The number of aromatic nitrogens is 1. The maximum absolute atomic E-state index is 13.3. The normalized spacial score (nSPS) is 21.1. The van der Waals surface area contributed by atoms with E-state index in [0.717, 1.165) is 34.6 Å². The van der Waals surface area contributed by atoms with Gasteiger partial charge in [0, 0.05) is 30.1 Å². The lowest BCUT2D eigenvalue weighted by Crippen LogP contribution is -2.26. The molecule has 2 aromatic carbocycles. The van der Waals surface area contributed by atoms with Crippen molar-refractivity contribution in [3.05, 3.63) is 102 Å². The molecule has 2 unspecified atom stereocenters. The van der Waals surface area contributed by atoms with Crippen LogP contribution in [0.4, 0.5) is 11.4 Å². The Morgan fingerprint density at radius 3 is 2.29 bits per heavy atom. The van der Waals surface area contributed by atoms with Crippen molar-refractivity contribution in [2.24, 2.45) is 0 Å². The summed E-state index contributed by atoms with van der Waals surface area (Å²) in [4.78, 5) is 17.5. The highest BCUT2D eigenvalue weighted by atomic mass is 16.1. The number of fused-ring (bicyclic) bond motifs is 1. The molecular formula is C24H21N3O. The summed E-state index contributed by atoms with van der Waals surface area (Å²) in [6.07, 6.45) is 4.91. The molecule has 1 aromatic heterocycles. The van der Waals surface area contributed by atoms with Gasteiger partial charge in [-0.15, -0.1) is 0 Å². The highest BCUT2D eigenvalue weighted by Crippen LogP contribution is 2.43. The molecule has 2 heterocycles. The van der Waals surface area contributed by atoms with Crippen molar-refractivity contribution in [2.45, 2.75) is 24.8 Å². The Morgan fingerprint density at radius 2 is 1.50 bits per heavy atom. The first-order valence-electron chi connectivity index (χ1n) is 9.63. The Kier molecular flexibility index (Phi) is 4.17. The highest BCUT2D eigenvalue weighted by Gasteiger charge is 2.35. The average Bonchev–Trinajstić information content (AvgIpc) is 2.92. The molecule has 4 heteroatoms. The van der Waals surface area contributed by atoms with Gasteiger partial charge in [0.05, 0.1) is 17.4 Å². The fraction of sp³-hybridized carbons (Fsp3) is 0.167. The second-order valence-electron chi connectivity index (χ2n) is 7.36. The van der Waals surface area contributed by atoms with Crippen LogP contribution in [0.15, 0.2) is 90.4 Å². The van der Waals surface area contributed by atoms with Crippen LogP contribution in [-0.2, 0) is 4.79 Å². The molecule has 138 valence electrons. The Labute approximate surface area is 164 Å². The van der Waals surface area contributed by atoms with Gasteiger partial charge in [-0.3, -0.25) is 9.78 Å². The first kappa shape index (κ1) is 16.8. The SMILES string of the molecule is O=C1CC(c2ccccc2)CC2=C1C(c1ccncc1)Nc1ccccc1N2. The van der Waals surface area contributed by atoms with Crippen LogP contribution in [0.1, 0.15) is 35.9 Å². The molecule has 2 aliphatic rings. The van der Waals surface area contributed by atoms with E-state index in [0.29, 0.717) is 6.42 Å². The van der Waals surface area contributed by atoms with E-state index in [2.05, 4.69) is 33.8 Å². The molecule has 0 saturated carbocycles. The molecule has 4 nitrogen and oxygen atoms in total. The second kappa shape index (κ2) is 6.97. The number of allylic oxidation sites excluding steroid dienone is 1. The molecule has 1 aliphatic carbocycles. The van der Waals surface area contributed by atoms with Crippen molar-refractivity contribution >= 4 is 17.2 Å². The summed E-state index contributed by atoms with van der Waals surface area (Å²) in [6, 6.07) is 22.2. The lowest BCUT2D eigenvalue weighted by Gasteiger charge is -2.29. The van der Waals surface area contributed by atoms with Crippen molar-refractivity contribution < 1.29 is 4.79 Å². The van der Waals surface area contributed by atoms with Crippen LogP contribution in [0, 0.1) is 0 Å². The van der Waals surface area contributed by atoms with Crippen LogP contribution in [0.3, 0.4) is 0 Å². The number of pyridine rings is 1. The predicted molar refractivity (Wildman–Crippen MR) is 111 cm³/mol. The second-order valence-corrected chi connectivity index (χ2v) is 7.36. The van der Waals surface area contributed by atoms with E-state index in [4.69, 9.17) is 0 Å². The molecule has 2 atom stereocenters. The van der Waals surface area contributed by atoms with Gasteiger partial charge in [0.25, 0.3) is 0 Å². The van der Waals surface area contributed by atoms with Crippen molar-refractivity contribution in [3.63, 3.8) is 0 Å². The first-order chi connectivity index (χ1) is 13.8. The van der Waals surface area contributed by atoms with Crippen LogP contribution >= 0.6 is 0 Å². The van der Waals surface area contributed by atoms with Gasteiger partial charge in [-0.25, -0.2) is 0 Å². The van der Waals surface area contributed by atoms with Gasteiger partial charge in [0.1, 0.15) is 0 Å². The van der Waals surface area contributed by atoms with Gasteiger partial charge < -0.3 is 10.6 Å². The Balaban J connectivity index is 1.62. The van der Waals surface area contributed by atoms with Gasteiger partial charge in [-0.1, -0.05) is 42.5 Å². The third kappa shape index (κ3) is 2.97. The molecule has 2 N–H and O–H groups in total. The number of carbonyl (C=O) groups excluding carboxylic acids is 1. The summed E-state index contributed by atoms with van der Waals surface area (Å²) in [5.74, 6) is 0.396. The van der Waals surface area contributed by atoms with E-state index in [9.17, 15) is 4.79 Å². The number of Topliss-reactive ketones (excluding diaryl/α,β-unsaturated/α-hetero) is 1. The molecule has 1 aliphatic heterocycles. The summed E-state index contributed by atoms with van der Waals surface area (Å²) >= 11 is 0. The van der Waals surface area contributed by atoms with Gasteiger partial charge in [0.2, 0.25) is 0 Å². The van der Waals surface area contributed by atoms with Crippen molar-refractivity contribution in [1.29, 1.82) is 0 Å². The number of benzene rings is 2. The summed E-state index contributed by atoms with van der Waals surface area (Å²) in [5, 5.41) is 7.16. The van der Waals surface area contributed by atoms with E-state index < -0.39 is 0 Å². The average molecular weight is 367 g/mol. The van der Waals surface area contributed by atoms with E-state index >= 15 is 0 Å². The molecular weight excluding hydrogens is 346 g/mol. The Morgan fingerprint density at radius 1 is 0.786 bits per heavy atom. The highest BCUT2D eigenvalue weighted by molar-refractivity contribution is 6.01.